The average Bonchev–Trinajstić information content (AvgIpc) is 2.11. The van der Waals surface area contributed by atoms with Crippen molar-refractivity contribution in [1.29, 1.82) is 0 Å². The Bertz CT molecular complexity index is 312. The van der Waals surface area contributed by atoms with Gasteiger partial charge in [0, 0.05) is 5.88 Å². The Labute approximate surface area is 89.7 Å². The van der Waals surface area contributed by atoms with Gasteiger partial charge in [0.2, 0.25) is 0 Å². The van der Waals surface area contributed by atoms with Crippen molar-refractivity contribution in [3.63, 3.8) is 0 Å². The van der Waals surface area contributed by atoms with Crippen LogP contribution in [0.1, 0.15) is 24.8 Å². The lowest BCUT2D eigenvalue weighted by molar-refractivity contribution is 0.166. The first-order valence-corrected chi connectivity index (χ1v) is 5.61. The van der Waals surface area contributed by atoms with Gasteiger partial charge in [-0.2, -0.15) is 0 Å². The van der Waals surface area contributed by atoms with E-state index in [-0.39, 0.29) is 0 Å². The fraction of sp³-hybridized carbons (Fsp3) is 0.500. The van der Waals surface area contributed by atoms with Crippen LogP contribution in [-0.2, 0) is 6.42 Å². The molecule has 0 amide bonds. The molecule has 1 N–H and O–H groups in total. The first-order chi connectivity index (χ1) is 6.74. The van der Waals surface area contributed by atoms with E-state index in [1.165, 1.54) is 24.8 Å². The van der Waals surface area contributed by atoms with Crippen molar-refractivity contribution in [2.45, 2.75) is 25.7 Å². The van der Waals surface area contributed by atoms with E-state index in [4.69, 9.17) is 11.6 Å². The summed E-state index contributed by atoms with van der Waals surface area (Å²) in [5.74, 6) is 1.09. The maximum absolute atomic E-state index is 9.34. The normalized spacial score (nSPS) is 18.9. The molecular formula is C12H15ClO. The van der Waals surface area contributed by atoms with E-state index in [1.807, 2.05) is 12.1 Å². The van der Waals surface area contributed by atoms with Gasteiger partial charge in [0.15, 0.2) is 0 Å². The first-order valence-electron chi connectivity index (χ1n) is 5.08. The van der Waals surface area contributed by atoms with Gasteiger partial charge in [0.25, 0.3) is 0 Å². The predicted molar refractivity (Wildman–Crippen MR) is 58.8 cm³/mol. The van der Waals surface area contributed by atoms with Crippen molar-refractivity contribution in [1.82, 2.24) is 0 Å². The Balaban J connectivity index is 2.09. The molecule has 76 valence electrons. The van der Waals surface area contributed by atoms with Gasteiger partial charge in [-0.05, 0) is 42.4 Å². The molecule has 1 aliphatic carbocycles. The summed E-state index contributed by atoms with van der Waals surface area (Å²) < 4.78 is 0. The molecule has 1 fully saturated rings. The lowest BCUT2D eigenvalue weighted by Gasteiger charge is -2.40. The minimum absolute atomic E-state index is 0.315. The van der Waals surface area contributed by atoms with Gasteiger partial charge >= 0.3 is 0 Å². The number of phenols is 1. The van der Waals surface area contributed by atoms with Gasteiger partial charge in [-0.15, -0.1) is 11.6 Å². The zero-order valence-corrected chi connectivity index (χ0v) is 8.93. The van der Waals surface area contributed by atoms with E-state index in [9.17, 15) is 5.11 Å². The van der Waals surface area contributed by atoms with Crippen molar-refractivity contribution >= 4 is 11.6 Å². The molecule has 1 aliphatic rings. The molecule has 0 atom stereocenters. The first kappa shape index (κ1) is 9.85. The van der Waals surface area contributed by atoms with Crippen molar-refractivity contribution < 1.29 is 5.11 Å². The summed E-state index contributed by atoms with van der Waals surface area (Å²) in [5, 5.41) is 9.34. The van der Waals surface area contributed by atoms with Crippen LogP contribution in [0, 0.1) is 5.41 Å². The highest BCUT2D eigenvalue weighted by Gasteiger charge is 2.35. The maximum atomic E-state index is 9.34. The SMILES string of the molecule is Oc1cccc(CC2(CCl)CCC2)c1. The third-order valence-corrected chi connectivity index (χ3v) is 3.75. The van der Waals surface area contributed by atoms with Gasteiger partial charge in [-0.3, -0.25) is 0 Å². The monoisotopic (exact) mass is 210 g/mol. The highest BCUT2D eigenvalue weighted by molar-refractivity contribution is 6.18. The van der Waals surface area contributed by atoms with Crippen molar-refractivity contribution in [2.24, 2.45) is 5.41 Å². The molecule has 2 heteroatoms. The van der Waals surface area contributed by atoms with E-state index >= 15 is 0 Å². The molecule has 0 unspecified atom stereocenters. The number of hydrogen-bond donors (Lipinski definition) is 1. The minimum atomic E-state index is 0.315. The fourth-order valence-electron chi connectivity index (χ4n) is 2.13. The average molecular weight is 211 g/mol. The van der Waals surface area contributed by atoms with Gasteiger partial charge in [-0.1, -0.05) is 18.6 Å². The number of halogens is 1. The van der Waals surface area contributed by atoms with Crippen LogP contribution in [0.25, 0.3) is 0 Å². The van der Waals surface area contributed by atoms with E-state index in [0.717, 1.165) is 12.3 Å². The quantitative estimate of drug-likeness (QED) is 0.759. The molecule has 1 saturated carbocycles. The van der Waals surface area contributed by atoms with Crippen LogP contribution in [0.15, 0.2) is 24.3 Å². The predicted octanol–water partition coefficient (Wildman–Crippen LogP) is 3.34. The molecule has 0 saturated heterocycles. The summed E-state index contributed by atoms with van der Waals surface area (Å²) >= 11 is 5.99. The Morgan fingerprint density at radius 3 is 2.64 bits per heavy atom. The Kier molecular flexibility index (Phi) is 2.69. The number of hydrogen-bond acceptors (Lipinski definition) is 1. The lowest BCUT2D eigenvalue weighted by Crippen LogP contribution is -2.33. The highest BCUT2D eigenvalue weighted by Crippen LogP contribution is 2.44. The van der Waals surface area contributed by atoms with Crippen LogP contribution < -0.4 is 0 Å². The van der Waals surface area contributed by atoms with Crippen molar-refractivity contribution in [3.05, 3.63) is 29.8 Å². The molecule has 14 heavy (non-hydrogen) atoms. The lowest BCUT2D eigenvalue weighted by atomic mass is 9.67. The van der Waals surface area contributed by atoms with Gasteiger partial charge in [0.05, 0.1) is 0 Å². The molecule has 2 rings (SSSR count). The standard InChI is InChI=1S/C12H15ClO/c13-9-12(5-2-6-12)8-10-3-1-4-11(14)7-10/h1,3-4,7,14H,2,5-6,8-9H2. The molecule has 1 nitrogen and oxygen atoms in total. The van der Waals surface area contributed by atoms with E-state index in [1.54, 1.807) is 6.07 Å². The Morgan fingerprint density at radius 2 is 2.14 bits per heavy atom. The largest absolute Gasteiger partial charge is 0.508 e. The molecular weight excluding hydrogens is 196 g/mol. The van der Waals surface area contributed by atoms with Crippen molar-refractivity contribution in [2.75, 3.05) is 5.88 Å². The summed E-state index contributed by atoms with van der Waals surface area (Å²) in [4.78, 5) is 0. The van der Waals surface area contributed by atoms with E-state index in [0.29, 0.717) is 11.2 Å². The molecule has 1 aromatic carbocycles. The molecule has 1 aromatic rings. The minimum Gasteiger partial charge on any atom is -0.508 e. The van der Waals surface area contributed by atoms with Crippen LogP contribution in [0.3, 0.4) is 0 Å². The van der Waals surface area contributed by atoms with Crippen LogP contribution >= 0.6 is 11.6 Å². The molecule has 0 spiro atoms. The van der Waals surface area contributed by atoms with Crippen LogP contribution in [0.2, 0.25) is 0 Å². The van der Waals surface area contributed by atoms with Gasteiger partial charge in [-0.25, -0.2) is 0 Å². The molecule has 0 aliphatic heterocycles. The molecule has 0 heterocycles. The number of rotatable bonds is 3. The fourth-order valence-corrected chi connectivity index (χ4v) is 2.50. The number of benzene rings is 1. The second-order valence-electron chi connectivity index (χ2n) is 4.33. The molecule has 0 radical (unpaired) electrons. The highest BCUT2D eigenvalue weighted by atomic mass is 35.5. The zero-order valence-electron chi connectivity index (χ0n) is 8.17. The summed E-state index contributed by atoms with van der Waals surface area (Å²) in [6, 6.07) is 7.50. The maximum Gasteiger partial charge on any atom is 0.115 e. The molecule has 0 bridgehead atoms. The van der Waals surface area contributed by atoms with E-state index < -0.39 is 0 Å². The van der Waals surface area contributed by atoms with Crippen LogP contribution in [-0.4, -0.2) is 11.0 Å². The van der Waals surface area contributed by atoms with Gasteiger partial charge < -0.3 is 5.11 Å². The zero-order chi connectivity index (χ0) is 10.0. The van der Waals surface area contributed by atoms with E-state index in [2.05, 4.69) is 6.07 Å². The smallest absolute Gasteiger partial charge is 0.115 e. The summed E-state index contributed by atoms with van der Waals surface area (Å²) in [6.45, 7) is 0. The summed E-state index contributed by atoms with van der Waals surface area (Å²) in [5.41, 5.74) is 1.51. The second kappa shape index (κ2) is 3.82. The number of aromatic hydroxyl groups is 1. The Morgan fingerprint density at radius 1 is 1.36 bits per heavy atom. The number of alkyl halides is 1. The number of phenolic OH excluding ortho intramolecular Hbond substituents is 1. The van der Waals surface area contributed by atoms with Crippen molar-refractivity contribution in [3.8, 4) is 5.75 Å². The third-order valence-electron chi connectivity index (χ3n) is 3.19. The van der Waals surface area contributed by atoms with Crippen LogP contribution in [0.5, 0.6) is 5.75 Å². The Hall–Kier alpha value is -0.690. The van der Waals surface area contributed by atoms with Crippen LogP contribution in [0.4, 0.5) is 0 Å². The second-order valence-corrected chi connectivity index (χ2v) is 4.60. The van der Waals surface area contributed by atoms with Gasteiger partial charge in [0.1, 0.15) is 5.75 Å². The summed E-state index contributed by atoms with van der Waals surface area (Å²) in [6.07, 6.45) is 4.76. The summed E-state index contributed by atoms with van der Waals surface area (Å²) in [7, 11) is 0. The molecule has 0 aromatic heterocycles. The topological polar surface area (TPSA) is 20.2 Å². The third kappa shape index (κ3) is 1.88.